The number of hydrogen-bond acceptors (Lipinski definition) is 4. The minimum Gasteiger partial charge on any atom is -0.314 e. The summed E-state index contributed by atoms with van der Waals surface area (Å²) in [6, 6.07) is 0. The molecule has 106 valence electrons. The highest BCUT2D eigenvalue weighted by Crippen LogP contribution is 2.07. The predicted octanol–water partition coefficient (Wildman–Crippen LogP) is 0.309. The molecule has 2 saturated heterocycles. The highest BCUT2D eigenvalue weighted by Gasteiger charge is 2.13. The molecule has 2 rings (SSSR count). The van der Waals surface area contributed by atoms with Crippen LogP contribution in [-0.2, 0) is 0 Å². The third kappa shape index (κ3) is 5.22. The number of likely N-dealkylation sites (N-methyl/N-ethyl adjacent to an activating group) is 1. The summed E-state index contributed by atoms with van der Waals surface area (Å²) in [6.07, 6.45) is 4.25. The van der Waals surface area contributed by atoms with Crippen LogP contribution in [0.1, 0.15) is 19.3 Å². The van der Waals surface area contributed by atoms with Crippen LogP contribution in [0.2, 0.25) is 0 Å². The van der Waals surface area contributed by atoms with Crippen LogP contribution in [0.25, 0.3) is 0 Å². The summed E-state index contributed by atoms with van der Waals surface area (Å²) in [5.74, 6) is 0. The van der Waals surface area contributed by atoms with Crippen LogP contribution in [0, 0.1) is 0 Å². The van der Waals surface area contributed by atoms with Gasteiger partial charge in [0, 0.05) is 52.4 Å². The third-order valence-electron chi connectivity index (χ3n) is 4.25. The minimum atomic E-state index is 1.15. The van der Waals surface area contributed by atoms with Crippen LogP contribution in [-0.4, -0.2) is 87.2 Å². The first-order chi connectivity index (χ1) is 8.84. The SMILES string of the molecule is CN1CCN(CCNCCN2CCCCC2)CC1. The first-order valence-electron chi connectivity index (χ1n) is 7.68. The van der Waals surface area contributed by atoms with Gasteiger partial charge < -0.3 is 15.1 Å². The first-order valence-corrected chi connectivity index (χ1v) is 7.68. The zero-order chi connectivity index (χ0) is 12.6. The van der Waals surface area contributed by atoms with E-state index in [1.165, 1.54) is 71.6 Å². The van der Waals surface area contributed by atoms with E-state index in [2.05, 4.69) is 27.1 Å². The molecular weight excluding hydrogens is 224 g/mol. The van der Waals surface area contributed by atoms with Crippen molar-refractivity contribution in [2.45, 2.75) is 19.3 Å². The van der Waals surface area contributed by atoms with Gasteiger partial charge in [0.1, 0.15) is 0 Å². The van der Waals surface area contributed by atoms with Crippen LogP contribution < -0.4 is 5.32 Å². The van der Waals surface area contributed by atoms with Crippen LogP contribution in [0.4, 0.5) is 0 Å². The van der Waals surface area contributed by atoms with E-state index in [4.69, 9.17) is 0 Å². The van der Waals surface area contributed by atoms with E-state index in [1.54, 1.807) is 0 Å². The highest BCUT2D eigenvalue weighted by molar-refractivity contribution is 4.70. The molecule has 2 aliphatic rings. The zero-order valence-electron chi connectivity index (χ0n) is 12.0. The summed E-state index contributed by atoms with van der Waals surface area (Å²) in [6.45, 7) is 12.3. The molecule has 2 heterocycles. The second kappa shape index (κ2) is 8.10. The van der Waals surface area contributed by atoms with Gasteiger partial charge in [-0.05, 0) is 33.0 Å². The van der Waals surface area contributed by atoms with Crippen LogP contribution in [0.3, 0.4) is 0 Å². The van der Waals surface area contributed by atoms with E-state index in [0.29, 0.717) is 0 Å². The van der Waals surface area contributed by atoms with E-state index in [1.807, 2.05) is 0 Å². The molecule has 0 aromatic heterocycles. The Labute approximate surface area is 112 Å². The lowest BCUT2D eigenvalue weighted by molar-refractivity contribution is 0.154. The maximum atomic E-state index is 3.59. The van der Waals surface area contributed by atoms with Crippen LogP contribution in [0.5, 0.6) is 0 Å². The molecule has 2 fully saturated rings. The zero-order valence-corrected chi connectivity index (χ0v) is 12.0. The Bertz CT molecular complexity index is 208. The Morgan fingerprint density at radius 1 is 0.722 bits per heavy atom. The Morgan fingerprint density at radius 2 is 1.28 bits per heavy atom. The fraction of sp³-hybridized carbons (Fsp3) is 1.00. The Morgan fingerprint density at radius 3 is 1.89 bits per heavy atom. The topological polar surface area (TPSA) is 21.8 Å². The molecule has 0 aromatic carbocycles. The monoisotopic (exact) mass is 254 g/mol. The molecule has 0 unspecified atom stereocenters. The number of piperidine rings is 1. The van der Waals surface area contributed by atoms with Crippen molar-refractivity contribution in [3.05, 3.63) is 0 Å². The van der Waals surface area contributed by atoms with Crippen molar-refractivity contribution < 1.29 is 0 Å². The molecule has 1 N–H and O–H groups in total. The molecule has 0 bridgehead atoms. The number of piperazine rings is 1. The quantitative estimate of drug-likeness (QED) is 0.689. The smallest absolute Gasteiger partial charge is 0.0110 e. The predicted molar refractivity (Wildman–Crippen MR) is 77.1 cm³/mol. The van der Waals surface area contributed by atoms with Crippen molar-refractivity contribution in [3.63, 3.8) is 0 Å². The van der Waals surface area contributed by atoms with Gasteiger partial charge in [0.2, 0.25) is 0 Å². The molecule has 0 atom stereocenters. The van der Waals surface area contributed by atoms with E-state index >= 15 is 0 Å². The highest BCUT2D eigenvalue weighted by atomic mass is 15.2. The fourth-order valence-electron chi connectivity index (χ4n) is 2.85. The number of nitrogens with zero attached hydrogens (tertiary/aromatic N) is 3. The Kier molecular flexibility index (Phi) is 6.41. The van der Waals surface area contributed by atoms with Crippen LogP contribution in [0.15, 0.2) is 0 Å². The molecule has 18 heavy (non-hydrogen) atoms. The first kappa shape index (κ1) is 14.3. The number of likely N-dealkylation sites (tertiary alicyclic amines) is 1. The lowest BCUT2D eigenvalue weighted by Gasteiger charge is -2.32. The van der Waals surface area contributed by atoms with Crippen molar-refractivity contribution in [2.75, 3.05) is 72.5 Å². The molecule has 0 radical (unpaired) electrons. The number of hydrogen-bond donors (Lipinski definition) is 1. The van der Waals surface area contributed by atoms with Gasteiger partial charge in [-0.3, -0.25) is 4.90 Å². The van der Waals surface area contributed by atoms with Gasteiger partial charge in [0.15, 0.2) is 0 Å². The number of nitrogens with one attached hydrogen (secondary N) is 1. The van der Waals surface area contributed by atoms with Gasteiger partial charge in [-0.2, -0.15) is 0 Å². The van der Waals surface area contributed by atoms with Crippen molar-refractivity contribution in [2.24, 2.45) is 0 Å². The number of rotatable bonds is 6. The van der Waals surface area contributed by atoms with Crippen molar-refractivity contribution >= 4 is 0 Å². The average molecular weight is 254 g/mol. The van der Waals surface area contributed by atoms with Crippen molar-refractivity contribution in [1.29, 1.82) is 0 Å². The molecular formula is C14H30N4. The second-order valence-corrected chi connectivity index (χ2v) is 5.80. The Hall–Kier alpha value is -0.160. The standard InChI is InChI=1S/C14H30N4/c1-16-11-13-18(14-12-16)10-6-15-5-9-17-7-3-2-4-8-17/h15H,2-14H2,1H3. The lowest BCUT2D eigenvalue weighted by atomic mass is 10.1. The summed E-state index contributed by atoms with van der Waals surface area (Å²) in [4.78, 5) is 7.60. The van der Waals surface area contributed by atoms with E-state index < -0.39 is 0 Å². The lowest BCUT2D eigenvalue weighted by Crippen LogP contribution is -2.47. The van der Waals surface area contributed by atoms with Gasteiger partial charge >= 0.3 is 0 Å². The van der Waals surface area contributed by atoms with Gasteiger partial charge in [-0.1, -0.05) is 6.42 Å². The normalized spacial score (nSPS) is 24.5. The summed E-state index contributed by atoms with van der Waals surface area (Å²) < 4.78 is 0. The van der Waals surface area contributed by atoms with Crippen molar-refractivity contribution in [3.8, 4) is 0 Å². The van der Waals surface area contributed by atoms with Crippen molar-refractivity contribution in [1.82, 2.24) is 20.0 Å². The van der Waals surface area contributed by atoms with E-state index in [9.17, 15) is 0 Å². The second-order valence-electron chi connectivity index (χ2n) is 5.80. The molecule has 0 saturated carbocycles. The van der Waals surface area contributed by atoms with Crippen LogP contribution >= 0.6 is 0 Å². The molecule has 2 aliphatic heterocycles. The third-order valence-corrected chi connectivity index (χ3v) is 4.25. The molecule has 0 spiro atoms. The summed E-state index contributed by atoms with van der Waals surface area (Å²) in [7, 11) is 2.22. The van der Waals surface area contributed by atoms with Gasteiger partial charge in [-0.25, -0.2) is 0 Å². The van der Waals surface area contributed by atoms with E-state index in [0.717, 1.165) is 13.1 Å². The summed E-state index contributed by atoms with van der Waals surface area (Å²) in [5, 5.41) is 3.59. The molecule has 4 nitrogen and oxygen atoms in total. The molecule has 0 aliphatic carbocycles. The minimum absolute atomic E-state index is 1.15. The summed E-state index contributed by atoms with van der Waals surface area (Å²) in [5.41, 5.74) is 0. The van der Waals surface area contributed by atoms with Gasteiger partial charge in [0.25, 0.3) is 0 Å². The van der Waals surface area contributed by atoms with Gasteiger partial charge in [-0.15, -0.1) is 0 Å². The van der Waals surface area contributed by atoms with Gasteiger partial charge in [0.05, 0.1) is 0 Å². The molecule has 0 amide bonds. The largest absolute Gasteiger partial charge is 0.314 e. The Balaban J connectivity index is 1.43. The average Bonchev–Trinajstić information content (AvgIpc) is 2.42. The van der Waals surface area contributed by atoms with E-state index in [-0.39, 0.29) is 0 Å². The maximum absolute atomic E-state index is 3.59. The summed E-state index contributed by atoms with van der Waals surface area (Å²) >= 11 is 0. The maximum Gasteiger partial charge on any atom is 0.0110 e. The molecule has 0 aromatic rings. The fourth-order valence-corrected chi connectivity index (χ4v) is 2.85. The molecule has 4 heteroatoms.